The molecule has 6 heteroatoms. The highest BCUT2D eigenvalue weighted by atomic mass is 16.6. The Labute approximate surface area is 111 Å². The van der Waals surface area contributed by atoms with Gasteiger partial charge in [-0.1, -0.05) is 6.08 Å². The third-order valence-corrected chi connectivity index (χ3v) is 2.73. The molecule has 0 fully saturated rings. The number of unbranched alkanes of at least 4 members (excludes halogenated alkanes) is 1. The maximum atomic E-state index is 11.2. The van der Waals surface area contributed by atoms with Gasteiger partial charge in [-0.25, -0.2) is 4.79 Å². The molecule has 0 aromatic heterocycles. The Bertz CT molecular complexity index is 499. The summed E-state index contributed by atoms with van der Waals surface area (Å²) in [5, 5.41) is 19.8. The van der Waals surface area contributed by atoms with E-state index in [9.17, 15) is 14.9 Å². The van der Waals surface area contributed by atoms with Crippen molar-refractivity contribution in [1.82, 2.24) is 0 Å². The van der Waals surface area contributed by atoms with Crippen LogP contribution >= 0.6 is 0 Å². The molecule has 1 aromatic carbocycles. The third-order valence-electron chi connectivity index (χ3n) is 2.73. The summed E-state index contributed by atoms with van der Waals surface area (Å²) < 4.78 is 0. The van der Waals surface area contributed by atoms with Gasteiger partial charge in [-0.3, -0.25) is 10.1 Å². The van der Waals surface area contributed by atoms with E-state index in [4.69, 9.17) is 5.11 Å². The molecule has 0 saturated carbocycles. The van der Waals surface area contributed by atoms with Gasteiger partial charge in [-0.15, -0.1) is 6.58 Å². The fraction of sp³-hybridized carbons (Fsp3) is 0.308. The number of anilines is 1. The zero-order chi connectivity index (χ0) is 14.4. The lowest BCUT2D eigenvalue weighted by molar-refractivity contribution is -0.384. The van der Waals surface area contributed by atoms with E-state index in [1.54, 1.807) is 18.0 Å². The van der Waals surface area contributed by atoms with Crippen LogP contribution in [0.1, 0.15) is 23.2 Å². The van der Waals surface area contributed by atoms with E-state index in [2.05, 4.69) is 6.58 Å². The monoisotopic (exact) mass is 264 g/mol. The molecule has 0 saturated heterocycles. The van der Waals surface area contributed by atoms with E-state index in [1.165, 1.54) is 12.1 Å². The lowest BCUT2D eigenvalue weighted by Gasteiger charge is -2.20. The second-order valence-corrected chi connectivity index (χ2v) is 4.12. The molecule has 1 aromatic rings. The Morgan fingerprint density at radius 1 is 1.58 bits per heavy atom. The molecule has 0 amide bonds. The third kappa shape index (κ3) is 3.80. The fourth-order valence-electron chi connectivity index (χ4n) is 1.74. The Kier molecular flexibility index (Phi) is 5.05. The molecule has 0 radical (unpaired) electrons. The van der Waals surface area contributed by atoms with Crippen LogP contribution < -0.4 is 4.90 Å². The van der Waals surface area contributed by atoms with Gasteiger partial charge in [-0.05, 0) is 18.9 Å². The molecular weight excluding hydrogens is 248 g/mol. The van der Waals surface area contributed by atoms with Crippen LogP contribution in [0.2, 0.25) is 0 Å². The van der Waals surface area contributed by atoms with Gasteiger partial charge in [0.1, 0.15) is 0 Å². The first kappa shape index (κ1) is 14.7. The highest BCUT2D eigenvalue weighted by Crippen LogP contribution is 2.25. The van der Waals surface area contributed by atoms with Crippen molar-refractivity contribution >= 4 is 17.3 Å². The van der Waals surface area contributed by atoms with Crippen molar-refractivity contribution in [3.63, 3.8) is 0 Å². The number of carboxylic acids is 1. The largest absolute Gasteiger partial charge is 0.478 e. The normalized spacial score (nSPS) is 9.95. The first-order chi connectivity index (χ1) is 8.97. The molecule has 0 heterocycles. The van der Waals surface area contributed by atoms with Crippen LogP contribution in [0.25, 0.3) is 0 Å². The van der Waals surface area contributed by atoms with E-state index >= 15 is 0 Å². The van der Waals surface area contributed by atoms with Gasteiger partial charge in [0.05, 0.1) is 16.2 Å². The molecule has 0 aliphatic rings. The average Bonchev–Trinajstić information content (AvgIpc) is 2.38. The molecule has 0 atom stereocenters. The maximum absolute atomic E-state index is 11.2. The Morgan fingerprint density at radius 3 is 2.79 bits per heavy atom. The highest BCUT2D eigenvalue weighted by molar-refractivity contribution is 5.95. The van der Waals surface area contributed by atoms with Gasteiger partial charge < -0.3 is 10.0 Å². The molecule has 19 heavy (non-hydrogen) atoms. The standard InChI is InChI=1S/C13H16N2O4/c1-3-4-5-8-14(2)12-7-6-10(15(18)19)9-11(12)13(16)17/h3,6-7,9H,1,4-5,8H2,2H3,(H,16,17). The number of aromatic carboxylic acids is 1. The molecular formula is C13H16N2O4. The van der Waals surface area contributed by atoms with Crippen LogP contribution in [-0.2, 0) is 0 Å². The van der Waals surface area contributed by atoms with E-state index < -0.39 is 10.9 Å². The zero-order valence-electron chi connectivity index (χ0n) is 10.7. The number of non-ortho nitro benzene ring substituents is 1. The number of benzene rings is 1. The van der Waals surface area contributed by atoms with E-state index in [-0.39, 0.29) is 11.3 Å². The van der Waals surface area contributed by atoms with E-state index in [1.807, 2.05) is 0 Å². The van der Waals surface area contributed by atoms with Crippen LogP contribution in [0.3, 0.4) is 0 Å². The number of rotatable bonds is 7. The van der Waals surface area contributed by atoms with Crippen molar-refractivity contribution in [1.29, 1.82) is 0 Å². The number of nitro groups is 1. The summed E-state index contributed by atoms with van der Waals surface area (Å²) in [6.07, 6.45) is 3.47. The minimum atomic E-state index is -1.17. The lowest BCUT2D eigenvalue weighted by Crippen LogP contribution is -2.21. The predicted octanol–water partition coefficient (Wildman–Crippen LogP) is 2.70. The van der Waals surface area contributed by atoms with Crippen LogP contribution in [0.15, 0.2) is 30.9 Å². The molecule has 0 bridgehead atoms. The number of hydrogen-bond donors (Lipinski definition) is 1. The molecule has 0 aliphatic carbocycles. The Morgan fingerprint density at radius 2 is 2.26 bits per heavy atom. The van der Waals surface area contributed by atoms with Crippen molar-refractivity contribution < 1.29 is 14.8 Å². The quantitative estimate of drug-likeness (QED) is 0.354. The van der Waals surface area contributed by atoms with E-state index in [0.29, 0.717) is 12.2 Å². The molecule has 1 N–H and O–H groups in total. The predicted molar refractivity (Wildman–Crippen MR) is 72.8 cm³/mol. The molecule has 102 valence electrons. The van der Waals surface area contributed by atoms with Gasteiger partial charge in [0, 0.05) is 25.7 Å². The van der Waals surface area contributed by atoms with Crippen LogP contribution in [0, 0.1) is 10.1 Å². The van der Waals surface area contributed by atoms with Gasteiger partial charge in [0.15, 0.2) is 0 Å². The summed E-state index contributed by atoms with van der Waals surface area (Å²) in [5.41, 5.74) is 0.193. The molecule has 6 nitrogen and oxygen atoms in total. The smallest absolute Gasteiger partial charge is 0.338 e. The molecule has 0 spiro atoms. The van der Waals surface area contributed by atoms with Gasteiger partial charge in [-0.2, -0.15) is 0 Å². The second-order valence-electron chi connectivity index (χ2n) is 4.12. The number of carbonyl (C=O) groups is 1. The lowest BCUT2D eigenvalue weighted by atomic mass is 10.1. The minimum absolute atomic E-state index is 0.0599. The Balaban J connectivity index is 3.02. The fourth-order valence-corrected chi connectivity index (χ4v) is 1.74. The zero-order valence-corrected chi connectivity index (χ0v) is 10.7. The molecule has 1 rings (SSSR count). The highest BCUT2D eigenvalue weighted by Gasteiger charge is 2.18. The Hall–Kier alpha value is -2.37. The number of hydrogen-bond acceptors (Lipinski definition) is 4. The molecule has 0 aliphatic heterocycles. The van der Waals surface area contributed by atoms with Gasteiger partial charge >= 0.3 is 5.97 Å². The van der Waals surface area contributed by atoms with Crippen LogP contribution in [0.4, 0.5) is 11.4 Å². The van der Waals surface area contributed by atoms with Crippen LogP contribution in [0.5, 0.6) is 0 Å². The maximum Gasteiger partial charge on any atom is 0.338 e. The van der Waals surface area contributed by atoms with Gasteiger partial charge in [0.2, 0.25) is 0 Å². The first-order valence-corrected chi connectivity index (χ1v) is 5.81. The van der Waals surface area contributed by atoms with Crippen molar-refractivity contribution in [2.75, 3.05) is 18.5 Å². The number of allylic oxidation sites excluding steroid dienone is 1. The number of nitro benzene ring substituents is 1. The second kappa shape index (κ2) is 6.53. The van der Waals surface area contributed by atoms with Gasteiger partial charge in [0.25, 0.3) is 5.69 Å². The SMILES string of the molecule is C=CCCCN(C)c1ccc([N+](=O)[O-])cc1C(=O)O. The summed E-state index contributed by atoms with van der Waals surface area (Å²) >= 11 is 0. The van der Waals surface area contributed by atoms with Crippen molar-refractivity contribution in [3.05, 3.63) is 46.5 Å². The van der Waals surface area contributed by atoms with Crippen molar-refractivity contribution in [3.8, 4) is 0 Å². The summed E-state index contributed by atoms with van der Waals surface area (Å²) in [7, 11) is 1.76. The summed E-state index contributed by atoms with van der Waals surface area (Å²) in [6, 6.07) is 3.86. The molecule has 0 unspecified atom stereocenters. The number of carboxylic acid groups (broad SMARTS) is 1. The number of nitrogens with zero attached hydrogens (tertiary/aromatic N) is 2. The van der Waals surface area contributed by atoms with Crippen molar-refractivity contribution in [2.45, 2.75) is 12.8 Å². The van der Waals surface area contributed by atoms with E-state index in [0.717, 1.165) is 18.9 Å². The minimum Gasteiger partial charge on any atom is -0.478 e. The van der Waals surface area contributed by atoms with Crippen molar-refractivity contribution in [2.24, 2.45) is 0 Å². The summed E-state index contributed by atoms with van der Waals surface area (Å²) in [6.45, 7) is 4.28. The van der Waals surface area contributed by atoms with Crippen LogP contribution in [-0.4, -0.2) is 29.6 Å². The average molecular weight is 264 g/mol. The first-order valence-electron chi connectivity index (χ1n) is 5.81. The topological polar surface area (TPSA) is 83.7 Å². The summed E-state index contributed by atoms with van der Waals surface area (Å²) in [5.74, 6) is -1.17. The summed E-state index contributed by atoms with van der Waals surface area (Å²) in [4.78, 5) is 23.0.